The Bertz CT molecular complexity index is 447. The van der Waals surface area contributed by atoms with E-state index in [-0.39, 0.29) is 24.3 Å². The number of aromatic carboxylic acids is 1. The average molecular weight is 281 g/mol. The van der Waals surface area contributed by atoms with Crippen LogP contribution in [0.25, 0.3) is 0 Å². The summed E-state index contributed by atoms with van der Waals surface area (Å²) in [6, 6.07) is 2.75. The summed E-state index contributed by atoms with van der Waals surface area (Å²) in [6.07, 6.45) is 2.16. The highest BCUT2D eigenvalue weighted by molar-refractivity contribution is 5.85. The number of urea groups is 1. The number of carbonyl (C=O) groups is 2. The molecule has 1 heterocycles. The molecule has 0 aliphatic carbocycles. The third kappa shape index (κ3) is 5.66. The number of carboxylic acid groups (broad SMARTS) is 1. The molecule has 0 radical (unpaired) electrons. The molecule has 0 saturated heterocycles. The van der Waals surface area contributed by atoms with Crippen molar-refractivity contribution in [1.29, 1.82) is 0 Å². The van der Waals surface area contributed by atoms with Gasteiger partial charge in [-0.1, -0.05) is 6.07 Å². The Morgan fingerprint density at radius 1 is 1.45 bits per heavy atom. The third-order valence-corrected chi connectivity index (χ3v) is 2.63. The molecular formula is C13H19N3O4. The van der Waals surface area contributed by atoms with Gasteiger partial charge in [-0.3, -0.25) is 0 Å². The van der Waals surface area contributed by atoms with E-state index in [2.05, 4.69) is 15.6 Å². The average Bonchev–Trinajstić information content (AvgIpc) is 2.43. The minimum atomic E-state index is -1.07. The topological polar surface area (TPSA) is 101 Å². The second kappa shape index (κ2) is 8.11. The lowest BCUT2D eigenvalue weighted by Crippen LogP contribution is -2.40. The van der Waals surface area contributed by atoms with Crippen LogP contribution in [0.15, 0.2) is 18.3 Å². The number of carboxylic acids is 1. The summed E-state index contributed by atoms with van der Waals surface area (Å²) in [5, 5.41) is 14.2. The molecule has 1 atom stereocenters. The van der Waals surface area contributed by atoms with Crippen molar-refractivity contribution in [2.24, 2.45) is 0 Å². The number of carbonyl (C=O) groups excluding carboxylic acids is 1. The van der Waals surface area contributed by atoms with Gasteiger partial charge >= 0.3 is 12.0 Å². The van der Waals surface area contributed by atoms with E-state index >= 15 is 0 Å². The molecule has 20 heavy (non-hydrogen) atoms. The van der Waals surface area contributed by atoms with Crippen molar-refractivity contribution in [3.8, 4) is 0 Å². The van der Waals surface area contributed by atoms with Crippen molar-refractivity contribution < 1.29 is 19.4 Å². The van der Waals surface area contributed by atoms with Gasteiger partial charge in [0.15, 0.2) is 0 Å². The van der Waals surface area contributed by atoms with Crippen LogP contribution in [0.3, 0.4) is 0 Å². The second-order valence-corrected chi connectivity index (χ2v) is 4.37. The first-order valence-corrected chi connectivity index (χ1v) is 6.24. The summed E-state index contributed by atoms with van der Waals surface area (Å²) in [6.45, 7) is 2.76. The monoisotopic (exact) mass is 281 g/mol. The Kier molecular flexibility index (Phi) is 6.45. The summed E-state index contributed by atoms with van der Waals surface area (Å²) in [7, 11) is 1.61. The van der Waals surface area contributed by atoms with Gasteiger partial charge in [-0.15, -0.1) is 0 Å². The molecule has 0 aliphatic rings. The van der Waals surface area contributed by atoms with E-state index in [1.165, 1.54) is 12.3 Å². The number of nitrogens with one attached hydrogen (secondary N) is 2. The van der Waals surface area contributed by atoms with Gasteiger partial charge in [0.1, 0.15) is 5.69 Å². The Morgan fingerprint density at radius 2 is 2.20 bits per heavy atom. The molecule has 0 bridgehead atoms. The second-order valence-electron chi connectivity index (χ2n) is 4.37. The highest BCUT2D eigenvalue weighted by atomic mass is 16.5. The fourth-order valence-electron chi connectivity index (χ4n) is 1.48. The van der Waals surface area contributed by atoms with Crippen LogP contribution in [0.4, 0.5) is 4.79 Å². The number of amides is 2. The van der Waals surface area contributed by atoms with Crippen LogP contribution >= 0.6 is 0 Å². The first-order chi connectivity index (χ1) is 9.52. The van der Waals surface area contributed by atoms with Crippen LogP contribution in [0.2, 0.25) is 0 Å². The lowest BCUT2D eigenvalue weighted by molar-refractivity contribution is 0.0690. The molecule has 1 rings (SSSR count). The largest absolute Gasteiger partial charge is 0.477 e. The number of pyridine rings is 1. The van der Waals surface area contributed by atoms with Gasteiger partial charge < -0.3 is 20.5 Å². The normalized spacial score (nSPS) is 11.7. The molecule has 0 fully saturated rings. The van der Waals surface area contributed by atoms with Crippen molar-refractivity contribution in [2.45, 2.75) is 25.9 Å². The van der Waals surface area contributed by atoms with E-state index in [1.807, 2.05) is 6.92 Å². The lowest BCUT2D eigenvalue weighted by Gasteiger charge is -2.14. The summed E-state index contributed by atoms with van der Waals surface area (Å²) in [5.74, 6) is -1.07. The molecule has 7 heteroatoms. The molecule has 0 spiro atoms. The highest BCUT2D eigenvalue weighted by Crippen LogP contribution is 2.00. The van der Waals surface area contributed by atoms with E-state index in [0.29, 0.717) is 6.61 Å². The lowest BCUT2D eigenvalue weighted by atomic mass is 10.2. The zero-order valence-electron chi connectivity index (χ0n) is 11.5. The number of rotatable bonds is 7. The zero-order valence-corrected chi connectivity index (χ0v) is 11.5. The third-order valence-electron chi connectivity index (χ3n) is 2.63. The predicted molar refractivity (Wildman–Crippen MR) is 72.5 cm³/mol. The van der Waals surface area contributed by atoms with E-state index in [4.69, 9.17) is 9.84 Å². The number of nitrogens with zero attached hydrogens (tertiary/aromatic N) is 1. The minimum Gasteiger partial charge on any atom is -0.477 e. The Labute approximate surface area is 117 Å². The zero-order chi connectivity index (χ0) is 15.0. The van der Waals surface area contributed by atoms with Crippen molar-refractivity contribution >= 4 is 12.0 Å². The van der Waals surface area contributed by atoms with Crippen LogP contribution in [0.5, 0.6) is 0 Å². The summed E-state index contributed by atoms with van der Waals surface area (Å²) in [5.41, 5.74) is 0.709. The fraction of sp³-hybridized carbons (Fsp3) is 0.462. The molecule has 1 unspecified atom stereocenters. The molecule has 0 aliphatic heterocycles. The summed E-state index contributed by atoms with van der Waals surface area (Å²) < 4.78 is 4.93. The van der Waals surface area contributed by atoms with Gasteiger partial charge in [-0.25, -0.2) is 14.6 Å². The molecule has 1 aromatic rings. The highest BCUT2D eigenvalue weighted by Gasteiger charge is 2.07. The van der Waals surface area contributed by atoms with Gasteiger partial charge in [0.25, 0.3) is 0 Å². The van der Waals surface area contributed by atoms with Crippen molar-refractivity contribution in [2.75, 3.05) is 13.7 Å². The molecule has 110 valence electrons. The van der Waals surface area contributed by atoms with E-state index in [1.54, 1.807) is 13.2 Å². The van der Waals surface area contributed by atoms with Crippen LogP contribution in [-0.4, -0.2) is 41.8 Å². The van der Waals surface area contributed by atoms with Gasteiger partial charge in [-0.05, 0) is 25.0 Å². The molecule has 0 saturated carbocycles. The summed E-state index contributed by atoms with van der Waals surface area (Å²) in [4.78, 5) is 26.0. The van der Waals surface area contributed by atoms with Crippen LogP contribution in [0.1, 0.15) is 29.4 Å². The van der Waals surface area contributed by atoms with Gasteiger partial charge in [0.2, 0.25) is 0 Å². The summed E-state index contributed by atoms with van der Waals surface area (Å²) >= 11 is 0. The van der Waals surface area contributed by atoms with E-state index in [0.717, 1.165) is 12.0 Å². The van der Waals surface area contributed by atoms with Crippen LogP contribution in [0, 0.1) is 0 Å². The van der Waals surface area contributed by atoms with Crippen molar-refractivity contribution in [1.82, 2.24) is 15.6 Å². The van der Waals surface area contributed by atoms with Gasteiger partial charge in [-0.2, -0.15) is 0 Å². The Balaban J connectivity index is 2.35. The molecular weight excluding hydrogens is 262 g/mol. The molecule has 2 amide bonds. The van der Waals surface area contributed by atoms with Gasteiger partial charge in [0, 0.05) is 32.5 Å². The quantitative estimate of drug-likeness (QED) is 0.692. The molecule has 0 aromatic carbocycles. The number of hydrogen-bond acceptors (Lipinski definition) is 4. The smallest absolute Gasteiger partial charge is 0.354 e. The first-order valence-electron chi connectivity index (χ1n) is 6.24. The first kappa shape index (κ1) is 15.9. The maximum absolute atomic E-state index is 11.6. The van der Waals surface area contributed by atoms with E-state index < -0.39 is 5.97 Å². The predicted octanol–water partition coefficient (Wildman–Crippen LogP) is 1.00. The fourth-order valence-corrected chi connectivity index (χ4v) is 1.48. The van der Waals surface area contributed by atoms with Crippen molar-refractivity contribution in [3.05, 3.63) is 29.6 Å². The molecule has 7 nitrogen and oxygen atoms in total. The number of ether oxygens (including phenoxy) is 1. The Hall–Kier alpha value is -2.15. The molecule has 1 aromatic heterocycles. The maximum Gasteiger partial charge on any atom is 0.354 e. The number of aromatic nitrogens is 1. The number of hydrogen-bond donors (Lipinski definition) is 3. The van der Waals surface area contributed by atoms with Crippen LogP contribution in [-0.2, 0) is 11.3 Å². The maximum atomic E-state index is 11.6. The SMILES string of the molecule is COCCC(C)NC(=O)NCc1ccc(C(=O)O)nc1. The minimum absolute atomic E-state index is 0.0162. The molecule has 3 N–H and O–H groups in total. The standard InChI is InChI=1S/C13H19N3O4/c1-9(5-6-20-2)16-13(19)15-8-10-3-4-11(12(17)18)14-7-10/h3-4,7,9H,5-6,8H2,1-2H3,(H,17,18)(H2,15,16,19). The van der Waals surface area contributed by atoms with Crippen molar-refractivity contribution in [3.63, 3.8) is 0 Å². The van der Waals surface area contributed by atoms with E-state index in [9.17, 15) is 9.59 Å². The van der Waals surface area contributed by atoms with Gasteiger partial charge in [0.05, 0.1) is 0 Å². The number of methoxy groups -OCH3 is 1. The Morgan fingerprint density at radius 3 is 2.75 bits per heavy atom. The van der Waals surface area contributed by atoms with Crippen LogP contribution < -0.4 is 10.6 Å².